The fraction of sp³-hybridized carbons (Fsp3) is 0.545. The molecule has 0 radical (unpaired) electrons. The summed E-state index contributed by atoms with van der Waals surface area (Å²) in [6.07, 6.45) is -0.292. The van der Waals surface area contributed by atoms with Crippen molar-refractivity contribution in [2.75, 3.05) is 0 Å². The summed E-state index contributed by atoms with van der Waals surface area (Å²) in [6, 6.07) is 1.33. The van der Waals surface area contributed by atoms with Gasteiger partial charge in [0.15, 0.2) is 0 Å². The van der Waals surface area contributed by atoms with Gasteiger partial charge in [-0.1, -0.05) is 27.7 Å². The quantitative estimate of drug-likeness (QED) is 0.896. The Morgan fingerprint density at radius 3 is 2.35 bits per heavy atom. The molecule has 1 heterocycles. The number of hydrogen-bond donors (Lipinski definition) is 1. The van der Waals surface area contributed by atoms with E-state index < -0.39 is 12.6 Å². The van der Waals surface area contributed by atoms with Crippen molar-refractivity contribution in [3.8, 4) is 5.75 Å². The second-order valence-electron chi connectivity index (χ2n) is 2.16. The highest BCUT2D eigenvalue weighted by molar-refractivity contribution is 7.10. The van der Waals surface area contributed by atoms with E-state index in [4.69, 9.17) is 5.11 Å². The van der Waals surface area contributed by atoms with Crippen molar-refractivity contribution >= 4 is 17.3 Å². The molecule has 6 heteroatoms. The third kappa shape index (κ3) is 8.62. The van der Waals surface area contributed by atoms with Gasteiger partial charge in [-0.05, 0) is 11.4 Å². The van der Waals surface area contributed by atoms with Gasteiger partial charge in [-0.2, -0.15) is 8.78 Å². The number of aliphatic carboxylic acids is 1. The maximum absolute atomic E-state index is 11.8. The van der Waals surface area contributed by atoms with E-state index in [1.807, 2.05) is 27.7 Å². The number of alkyl halides is 2. The number of hydrogen-bond acceptors (Lipinski definition) is 3. The molecular weight excluding hydrogens is 250 g/mol. The van der Waals surface area contributed by atoms with E-state index in [1.54, 1.807) is 0 Å². The number of carboxylic acids is 1. The Kier molecular flexibility index (Phi) is 12.1. The van der Waals surface area contributed by atoms with Crippen LogP contribution >= 0.6 is 11.3 Å². The zero-order chi connectivity index (χ0) is 13.8. The maximum Gasteiger partial charge on any atom is 0.387 e. The lowest BCUT2D eigenvalue weighted by Gasteiger charge is -2.03. The van der Waals surface area contributed by atoms with E-state index in [0.29, 0.717) is 4.88 Å². The number of thiophene rings is 1. The molecule has 0 unspecified atom stereocenters. The zero-order valence-electron chi connectivity index (χ0n) is 10.4. The summed E-state index contributed by atoms with van der Waals surface area (Å²) >= 11 is 1.08. The molecule has 0 aliphatic carbocycles. The highest BCUT2D eigenvalue weighted by atomic mass is 32.1. The van der Waals surface area contributed by atoms with Gasteiger partial charge < -0.3 is 9.84 Å². The zero-order valence-corrected chi connectivity index (χ0v) is 11.2. The summed E-state index contributed by atoms with van der Waals surface area (Å²) in [7, 11) is 0. The van der Waals surface area contributed by atoms with Crippen LogP contribution in [0.5, 0.6) is 5.75 Å². The molecule has 0 bridgehead atoms. The van der Waals surface area contributed by atoms with Gasteiger partial charge in [0, 0.05) is 0 Å². The molecule has 0 aliphatic rings. The van der Waals surface area contributed by atoms with E-state index >= 15 is 0 Å². The molecule has 1 aromatic rings. The van der Waals surface area contributed by atoms with E-state index in [1.165, 1.54) is 11.4 Å². The molecule has 1 rings (SSSR count). The Bertz CT molecular complexity index is 301. The molecule has 1 N–H and O–H groups in total. The Hall–Kier alpha value is -1.17. The van der Waals surface area contributed by atoms with E-state index in [-0.39, 0.29) is 12.2 Å². The van der Waals surface area contributed by atoms with Gasteiger partial charge >= 0.3 is 12.6 Å². The molecule has 1 aromatic heterocycles. The van der Waals surface area contributed by atoms with Crippen molar-refractivity contribution < 1.29 is 23.4 Å². The van der Waals surface area contributed by atoms with Crippen LogP contribution in [-0.4, -0.2) is 17.7 Å². The highest BCUT2D eigenvalue weighted by Crippen LogP contribution is 2.26. The lowest BCUT2D eigenvalue weighted by Crippen LogP contribution is -2.05. The predicted octanol–water partition coefficient (Wildman–Crippen LogP) is 4.03. The van der Waals surface area contributed by atoms with Gasteiger partial charge in [-0.15, -0.1) is 11.3 Å². The molecule has 0 aliphatic heterocycles. The van der Waals surface area contributed by atoms with Crippen molar-refractivity contribution in [1.29, 1.82) is 0 Å². The molecule has 0 amide bonds. The van der Waals surface area contributed by atoms with Crippen LogP contribution < -0.4 is 4.74 Å². The molecule has 0 saturated heterocycles. The highest BCUT2D eigenvalue weighted by Gasteiger charge is 2.13. The minimum Gasteiger partial charge on any atom is -0.481 e. The molecule has 0 aromatic carbocycles. The predicted molar refractivity (Wildman–Crippen MR) is 65.0 cm³/mol. The van der Waals surface area contributed by atoms with Crippen LogP contribution in [-0.2, 0) is 11.2 Å². The lowest BCUT2D eigenvalue weighted by atomic mass is 10.3. The van der Waals surface area contributed by atoms with Gasteiger partial charge in [0.05, 0.1) is 11.3 Å². The largest absolute Gasteiger partial charge is 0.481 e. The normalized spacial score (nSPS) is 8.65. The van der Waals surface area contributed by atoms with Crippen molar-refractivity contribution in [2.45, 2.75) is 40.7 Å². The number of halogens is 2. The standard InChI is InChI=1S/C7H6F2O3S.2C2H6/c8-7(9)12-4-1-2-13-5(4)3-6(10)11;2*1-2/h1-2,7H,3H2,(H,10,11);2*1-2H3. The summed E-state index contributed by atoms with van der Waals surface area (Å²) < 4.78 is 27.6. The minimum atomic E-state index is -2.91. The first-order valence-corrected chi connectivity index (χ1v) is 6.20. The molecular formula is C11H18F2O3S. The summed E-state index contributed by atoms with van der Waals surface area (Å²) in [5, 5.41) is 9.92. The summed E-state index contributed by atoms with van der Waals surface area (Å²) in [4.78, 5) is 10.6. The number of rotatable bonds is 4. The van der Waals surface area contributed by atoms with E-state index in [2.05, 4.69) is 4.74 Å². The van der Waals surface area contributed by atoms with Crippen LogP contribution in [0.4, 0.5) is 8.78 Å². The van der Waals surface area contributed by atoms with Crippen LogP contribution in [0.1, 0.15) is 32.6 Å². The molecule has 0 fully saturated rings. The van der Waals surface area contributed by atoms with E-state index in [9.17, 15) is 13.6 Å². The molecule has 0 spiro atoms. The summed E-state index contributed by atoms with van der Waals surface area (Å²) in [6.45, 7) is 5.09. The van der Waals surface area contributed by atoms with Crippen molar-refractivity contribution in [2.24, 2.45) is 0 Å². The van der Waals surface area contributed by atoms with Gasteiger partial charge in [0.25, 0.3) is 0 Å². The van der Waals surface area contributed by atoms with Gasteiger partial charge in [-0.25, -0.2) is 0 Å². The maximum atomic E-state index is 11.8. The van der Waals surface area contributed by atoms with Crippen LogP contribution in [0.3, 0.4) is 0 Å². The van der Waals surface area contributed by atoms with Crippen LogP contribution in [0.15, 0.2) is 11.4 Å². The Morgan fingerprint density at radius 2 is 1.94 bits per heavy atom. The lowest BCUT2D eigenvalue weighted by molar-refractivity contribution is -0.136. The van der Waals surface area contributed by atoms with Crippen molar-refractivity contribution in [3.63, 3.8) is 0 Å². The number of ether oxygens (including phenoxy) is 1. The first-order chi connectivity index (χ1) is 8.09. The number of carbonyl (C=O) groups is 1. The smallest absolute Gasteiger partial charge is 0.387 e. The summed E-state index contributed by atoms with van der Waals surface area (Å²) in [5.41, 5.74) is 0. The average Bonchev–Trinajstić information content (AvgIpc) is 2.70. The van der Waals surface area contributed by atoms with Crippen molar-refractivity contribution in [1.82, 2.24) is 0 Å². The second kappa shape index (κ2) is 11.3. The van der Waals surface area contributed by atoms with Crippen LogP contribution in [0.25, 0.3) is 0 Å². The van der Waals surface area contributed by atoms with Crippen LogP contribution in [0.2, 0.25) is 0 Å². The molecule has 0 atom stereocenters. The van der Waals surface area contributed by atoms with Gasteiger partial charge in [-0.3, -0.25) is 4.79 Å². The Balaban J connectivity index is 0. The third-order valence-electron chi connectivity index (χ3n) is 1.23. The molecule has 100 valence electrons. The van der Waals surface area contributed by atoms with Gasteiger partial charge in [0.2, 0.25) is 0 Å². The SMILES string of the molecule is CC.CC.O=C(O)Cc1sccc1OC(F)F. The average molecular weight is 268 g/mol. The van der Waals surface area contributed by atoms with Crippen LogP contribution in [0, 0.1) is 0 Å². The monoisotopic (exact) mass is 268 g/mol. The fourth-order valence-corrected chi connectivity index (χ4v) is 1.59. The third-order valence-corrected chi connectivity index (χ3v) is 2.13. The minimum absolute atomic E-state index is 0.0533. The Labute approximate surface area is 104 Å². The first-order valence-electron chi connectivity index (χ1n) is 5.32. The number of carboxylic acid groups (broad SMARTS) is 1. The Morgan fingerprint density at radius 1 is 1.41 bits per heavy atom. The fourth-order valence-electron chi connectivity index (χ4n) is 0.796. The topological polar surface area (TPSA) is 46.5 Å². The van der Waals surface area contributed by atoms with Gasteiger partial charge in [0.1, 0.15) is 5.75 Å². The first kappa shape index (κ1) is 18.2. The second-order valence-corrected chi connectivity index (χ2v) is 3.16. The van der Waals surface area contributed by atoms with E-state index in [0.717, 1.165) is 11.3 Å². The summed E-state index contributed by atoms with van der Waals surface area (Å²) in [5.74, 6) is -1.12. The molecule has 3 nitrogen and oxygen atoms in total. The molecule has 0 saturated carbocycles. The van der Waals surface area contributed by atoms with Crippen molar-refractivity contribution in [3.05, 3.63) is 16.3 Å². The molecule has 17 heavy (non-hydrogen) atoms.